The van der Waals surface area contributed by atoms with Gasteiger partial charge in [0.15, 0.2) is 5.96 Å². The van der Waals surface area contributed by atoms with Crippen LogP contribution in [-0.2, 0) is 28.8 Å². The Balaban J connectivity index is 3.30. The number of rotatable bonds is 18. The number of nitrogens with two attached hydrogens (primary N) is 3. The van der Waals surface area contributed by atoms with E-state index in [4.69, 9.17) is 17.2 Å². The quantitative estimate of drug-likeness (QED) is 0.0628. The van der Waals surface area contributed by atoms with Crippen LogP contribution in [0.5, 0.6) is 0 Å². The Labute approximate surface area is 260 Å². The summed E-state index contributed by atoms with van der Waals surface area (Å²) in [6, 6.07) is -3.86. The summed E-state index contributed by atoms with van der Waals surface area (Å²) < 4.78 is 0. The van der Waals surface area contributed by atoms with Gasteiger partial charge in [-0.3, -0.25) is 38.7 Å². The van der Waals surface area contributed by atoms with Gasteiger partial charge in [-0.25, -0.2) is 0 Å². The molecule has 15 nitrogen and oxygen atoms in total. The second kappa shape index (κ2) is 19.5. The summed E-state index contributed by atoms with van der Waals surface area (Å²) in [5.74, 6) is -3.56. The minimum atomic E-state index is -1.13. The average molecular weight is 624 g/mol. The van der Waals surface area contributed by atoms with Crippen LogP contribution in [0.2, 0.25) is 0 Å². The molecule has 44 heavy (non-hydrogen) atoms. The average Bonchev–Trinajstić information content (AvgIpc) is 3.46. The van der Waals surface area contributed by atoms with Gasteiger partial charge in [-0.2, -0.15) is 0 Å². The van der Waals surface area contributed by atoms with E-state index in [1.165, 1.54) is 18.7 Å². The van der Waals surface area contributed by atoms with E-state index in [9.17, 15) is 28.8 Å². The fourth-order valence-corrected chi connectivity index (χ4v) is 5.29. The van der Waals surface area contributed by atoms with Crippen molar-refractivity contribution in [3.8, 4) is 0 Å². The van der Waals surface area contributed by atoms with Crippen LogP contribution >= 0.6 is 0 Å². The molecule has 5 atom stereocenters. The van der Waals surface area contributed by atoms with Crippen molar-refractivity contribution in [2.45, 2.75) is 110 Å². The van der Waals surface area contributed by atoms with Gasteiger partial charge in [0, 0.05) is 33.5 Å². The van der Waals surface area contributed by atoms with Crippen LogP contribution < -0.4 is 33.2 Å². The molecule has 15 heteroatoms. The molecule has 0 radical (unpaired) electrons. The summed E-state index contributed by atoms with van der Waals surface area (Å²) in [5, 5.41) is 8.32. The van der Waals surface area contributed by atoms with Crippen LogP contribution in [0, 0.1) is 5.92 Å². The van der Waals surface area contributed by atoms with Crippen molar-refractivity contribution >= 4 is 41.4 Å². The van der Waals surface area contributed by atoms with Crippen LogP contribution in [0.25, 0.3) is 0 Å². The molecule has 0 saturated carbocycles. The Kier molecular flexibility index (Phi) is 17.0. The molecular weight excluding hydrogens is 570 g/mol. The Morgan fingerprint density at radius 1 is 0.955 bits per heavy atom. The third-order valence-corrected chi connectivity index (χ3v) is 7.77. The van der Waals surface area contributed by atoms with Crippen LogP contribution in [0.15, 0.2) is 4.99 Å². The van der Waals surface area contributed by atoms with Crippen molar-refractivity contribution in [2.75, 3.05) is 26.2 Å². The van der Waals surface area contributed by atoms with Crippen molar-refractivity contribution in [2.24, 2.45) is 28.1 Å². The highest BCUT2D eigenvalue weighted by molar-refractivity contribution is 6.00. The van der Waals surface area contributed by atoms with Crippen molar-refractivity contribution in [1.82, 2.24) is 25.8 Å². The smallest absolute Gasteiger partial charge is 0.245 e. The zero-order valence-electron chi connectivity index (χ0n) is 26.9. The molecular formula is C29H53N9O6. The molecule has 0 unspecified atom stereocenters. The van der Waals surface area contributed by atoms with Gasteiger partial charge in [0.1, 0.15) is 24.2 Å². The lowest BCUT2D eigenvalue weighted by Crippen LogP contribution is -2.60. The van der Waals surface area contributed by atoms with Crippen LogP contribution in [0.4, 0.5) is 0 Å². The van der Waals surface area contributed by atoms with E-state index in [0.717, 1.165) is 4.90 Å². The number of amides is 6. The van der Waals surface area contributed by atoms with Crippen molar-refractivity contribution in [3.05, 3.63) is 0 Å². The van der Waals surface area contributed by atoms with Gasteiger partial charge in [-0.05, 0) is 64.3 Å². The first kappa shape index (κ1) is 38.3. The third kappa shape index (κ3) is 11.7. The number of guanidine groups is 1. The zero-order valence-corrected chi connectivity index (χ0v) is 26.9. The monoisotopic (exact) mass is 623 g/mol. The van der Waals surface area contributed by atoms with Gasteiger partial charge >= 0.3 is 0 Å². The number of carbonyl (C=O) groups is 6. The summed E-state index contributed by atoms with van der Waals surface area (Å²) in [6.07, 6.45) is 3.46. The Hall–Kier alpha value is -3.75. The minimum Gasteiger partial charge on any atom is -0.370 e. The van der Waals surface area contributed by atoms with Crippen molar-refractivity contribution in [1.29, 1.82) is 0 Å². The van der Waals surface area contributed by atoms with Gasteiger partial charge in [-0.15, -0.1) is 0 Å². The number of hydrogen-bond donors (Lipinski definition) is 6. The molecule has 0 aromatic rings. The van der Waals surface area contributed by atoms with Crippen LogP contribution in [0.1, 0.15) is 86.0 Å². The molecule has 1 saturated heterocycles. The molecule has 0 bridgehead atoms. The molecule has 6 amide bonds. The largest absolute Gasteiger partial charge is 0.370 e. The molecule has 0 aromatic heterocycles. The molecule has 0 aromatic carbocycles. The molecule has 0 spiro atoms. The molecule has 1 aliphatic heterocycles. The fraction of sp³-hybridized carbons (Fsp3) is 0.759. The number of imide groups is 1. The molecule has 9 N–H and O–H groups in total. The van der Waals surface area contributed by atoms with Gasteiger partial charge in [0.05, 0.1) is 0 Å². The predicted molar refractivity (Wildman–Crippen MR) is 167 cm³/mol. The highest BCUT2D eigenvalue weighted by Crippen LogP contribution is 2.20. The molecule has 250 valence electrons. The summed E-state index contributed by atoms with van der Waals surface area (Å²) in [7, 11) is 0. The Morgan fingerprint density at radius 2 is 1.61 bits per heavy atom. The maximum atomic E-state index is 13.8. The zero-order chi connectivity index (χ0) is 33.4. The normalized spacial score (nSPS) is 17.0. The van der Waals surface area contributed by atoms with E-state index >= 15 is 0 Å². The van der Waals surface area contributed by atoms with Crippen LogP contribution in [0.3, 0.4) is 0 Å². The summed E-state index contributed by atoms with van der Waals surface area (Å²) >= 11 is 0. The van der Waals surface area contributed by atoms with Gasteiger partial charge in [0.25, 0.3) is 0 Å². The SMILES string of the molecule is CCNC(=O)[C@@H]1CCCN1C(=O)[C@H](CCCN=C(N)N)NC(=O)[C@@H](NC(=O)[C@H](CCCCN)N(C(C)=O)C(C)=O)[C@@H](C)CC. The second-order valence-electron chi connectivity index (χ2n) is 11.2. The molecule has 1 fully saturated rings. The summed E-state index contributed by atoms with van der Waals surface area (Å²) in [4.78, 5) is 84.8. The van der Waals surface area contributed by atoms with Gasteiger partial charge in [-0.1, -0.05) is 20.3 Å². The van der Waals surface area contributed by atoms with E-state index in [-0.39, 0.29) is 37.2 Å². The van der Waals surface area contributed by atoms with E-state index in [1.54, 1.807) is 13.8 Å². The lowest BCUT2D eigenvalue weighted by atomic mass is 9.96. The number of hydrogen-bond acceptors (Lipinski definition) is 8. The number of likely N-dealkylation sites (tertiary alicyclic amines) is 1. The lowest BCUT2D eigenvalue weighted by molar-refractivity contribution is -0.150. The van der Waals surface area contributed by atoms with E-state index in [0.29, 0.717) is 58.2 Å². The lowest BCUT2D eigenvalue weighted by Gasteiger charge is -2.32. The molecule has 1 rings (SSSR count). The first-order chi connectivity index (χ1) is 20.8. The van der Waals surface area contributed by atoms with E-state index < -0.39 is 53.7 Å². The molecule has 0 aliphatic carbocycles. The van der Waals surface area contributed by atoms with Crippen LogP contribution in [-0.4, -0.2) is 102 Å². The first-order valence-corrected chi connectivity index (χ1v) is 15.5. The molecule has 1 heterocycles. The maximum Gasteiger partial charge on any atom is 0.245 e. The van der Waals surface area contributed by atoms with Gasteiger partial charge in [0.2, 0.25) is 35.4 Å². The maximum absolute atomic E-state index is 13.8. The number of carbonyl (C=O) groups excluding carboxylic acids is 6. The number of aliphatic imine (C=N–C) groups is 1. The van der Waals surface area contributed by atoms with Crippen molar-refractivity contribution < 1.29 is 28.8 Å². The minimum absolute atomic E-state index is 0.0986. The predicted octanol–water partition coefficient (Wildman–Crippen LogP) is -0.925. The fourth-order valence-electron chi connectivity index (χ4n) is 5.29. The third-order valence-electron chi connectivity index (χ3n) is 7.77. The highest BCUT2D eigenvalue weighted by Gasteiger charge is 2.39. The topological polar surface area (TPSA) is 235 Å². The van der Waals surface area contributed by atoms with Gasteiger partial charge < -0.3 is 38.1 Å². The highest BCUT2D eigenvalue weighted by atomic mass is 16.2. The summed E-state index contributed by atoms with van der Waals surface area (Å²) in [6.45, 7) is 9.22. The second-order valence-corrected chi connectivity index (χ2v) is 11.2. The Morgan fingerprint density at radius 3 is 2.16 bits per heavy atom. The summed E-state index contributed by atoms with van der Waals surface area (Å²) in [5.41, 5.74) is 16.5. The number of nitrogens with zero attached hydrogens (tertiary/aromatic N) is 3. The number of likely N-dealkylation sites (N-methyl/N-ethyl adjacent to an activating group) is 1. The van der Waals surface area contributed by atoms with Crippen molar-refractivity contribution in [3.63, 3.8) is 0 Å². The Bertz CT molecular complexity index is 1020. The number of nitrogens with one attached hydrogen (secondary N) is 3. The van der Waals surface area contributed by atoms with E-state index in [1.807, 2.05) is 6.92 Å². The van der Waals surface area contributed by atoms with E-state index in [2.05, 4.69) is 20.9 Å². The standard InChI is InChI=1S/C29H53N9O6/c1-6-18(3)24(36-26(42)23(13-8-9-15-30)38(19(4)39)20(5)40)27(43)35-21(12-10-16-34-29(31)32)28(44)37-17-11-14-22(37)25(41)33-7-2/h18,21-24H,6-17,30H2,1-5H3,(H,33,41)(H,35,43)(H,36,42)(H4,31,32,34)/t18-,21-,22-,23-,24-/m0/s1. The molecule has 1 aliphatic rings. The number of unbranched alkanes of at least 4 members (excludes halogenated alkanes) is 1. The first-order valence-electron chi connectivity index (χ1n) is 15.5.